The first-order chi connectivity index (χ1) is 11.7. The van der Waals surface area contributed by atoms with Gasteiger partial charge in [-0.25, -0.2) is 0 Å². The monoisotopic (exact) mass is 336 g/mol. The molecular weight excluding hydrogens is 308 g/mol. The Hall–Kier alpha value is -1.47. The molecule has 6 nitrogen and oxygen atoms in total. The van der Waals surface area contributed by atoms with Gasteiger partial charge in [0.25, 0.3) is 0 Å². The number of H-pyrrole nitrogens is 1. The van der Waals surface area contributed by atoms with Gasteiger partial charge in [0.15, 0.2) is 0 Å². The number of aryl methyl sites for hydroxylation is 1. The van der Waals surface area contributed by atoms with Crippen LogP contribution in [-0.4, -0.2) is 55.6 Å². The van der Waals surface area contributed by atoms with Gasteiger partial charge in [-0.3, -0.25) is 5.10 Å². The number of aromatic amines is 1. The molecule has 2 atom stereocenters. The Morgan fingerprint density at radius 1 is 1.00 bits per heavy atom. The van der Waals surface area contributed by atoms with E-state index in [4.69, 9.17) is 18.9 Å². The molecule has 134 valence electrons. The Morgan fingerprint density at radius 3 is 2.33 bits per heavy atom. The van der Waals surface area contributed by atoms with Crippen LogP contribution in [0.5, 0.6) is 0 Å². The molecule has 0 aliphatic carbocycles. The summed E-state index contributed by atoms with van der Waals surface area (Å²) in [6.45, 7) is 9.74. The molecule has 0 bridgehead atoms. The summed E-state index contributed by atoms with van der Waals surface area (Å²) in [5, 5.41) is 8.23. The molecule has 0 spiro atoms. The first kappa shape index (κ1) is 18.9. The predicted octanol–water partition coefficient (Wildman–Crippen LogP) is 3.06. The van der Waals surface area contributed by atoms with Crippen LogP contribution in [0.1, 0.15) is 26.0 Å². The summed E-state index contributed by atoms with van der Waals surface area (Å²) >= 11 is 0. The third-order valence-electron chi connectivity index (χ3n) is 3.74. The van der Waals surface area contributed by atoms with Crippen molar-refractivity contribution in [2.24, 2.45) is 0 Å². The van der Waals surface area contributed by atoms with Crippen LogP contribution in [0.3, 0.4) is 0 Å². The summed E-state index contributed by atoms with van der Waals surface area (Å²) in [6.07, 6.45) is 1.77. The highest BCUT2D eigenvalue weighted by Gasteiger charge is 2.06. The van der Waals surface area contributed by atoms with Crippen LogP contribution in [0.4, 0.5) is 0 Å². The van der Waals surface area contributed by atoms with Gasteiger partial charge in [-0.1, -0.05) is 18.2 Å². The Balaban J connectivity index is 0.000000134. The van der Waals surface area contributed by atoms with Gasteiger partial charge in [0.05, 0.1) is 44.2 Å². The second-order valence-electron chi connectivity index (χ2n) is 5.91. The van der Waals surface area contributed by atoms with E-state index >= 15 is 0 Å². The molecule has 2 aliphatic rings. The van der Waals surface area contributed by atoms with Crippen LogP contribution < -0.4 is 0 Å². The smallest absolute Gasteiger partial charge is 0.147 e. The summed E-state index contributed by atoms with van der Waals surface area (Å²) in [6, 6.07) is 8.07. The van der Waals surface area contributed by atoms with Crippen LogP contribution in [0, 0.1) is 6.92 Å². The Morgan fingerprint density at radius 2 is 1.83 bits per heavy atom. The van der Waals surface area contributed by atoms with Gasteiger partial charge in [-0.05, 0) is 33.3 Å². The molecule has 2 unspecified atom stereocenters. The quantitative estimate of drug-likeness (QED) is 0.801. The van der Waals surface area contributed by atoms with Gasteiger partial charge in [-0.15, -0.1) is 0 Å². The maximum absolute atomic E-state index is 5.15. The number of benzene rings is 1. The van der Waals surface area contributed by atoms with E-state index in [1.165, 1.54) is 5.39 Å². The Bertz CT molecular complexity index is 559. The molecule has 2 aromatic rings. The van der Waals surface area contributed by atoms with Crippen LogP contribution in [0.15, 0.2) is 24.3 Å². The molecule has 0 radical (unpaired) electrons. The lowest BCUT2D eigenvalue weighted by Gasteiger charge is -2.18. The lowest BCUT2D eigenvalue weighted by Crippen LogP contribution is -2.25. The molecule has 2 aliphatic heterocycles. The zero-order valence-electron chi connectivity index (χ0n) is 14.8. The summed E-state index contributed by atoms with van der Waals surface area (Å²) in [5.74, 6) is 0. The van der Waals surface area contributed by atoms with E-state index in [-0.39, 0.29) is 0 Å². The molecule has 1 N–H and O–H groups in total. The SMILES string of the molecule is CC1CCOCO1.CC1COCCO1.Cc1[nH]nc2ccccc12. The van der Waals surface area contributed by atoms with Gasteiger partial charge in [0.2, 0.25) is 0 Å². The molecular formula is C18H28N2O4. The highest BCUT2D eigenvalue weighted by Crippen LogP contribution is 2.12. The first-order valence-corrected chi connectivity index (χ1v) is 8.45. The average molecular weight is 336 g/mol. The van der Waals surface area contributed by atoms with Gasteiger partial charge in [0, 0.05) is 11.1 Å². The highest BCUT2D eigenvalue weighted by atomic mass is 16.7. The zero-order valence-corrected chi connectivity index (χ0v) is 14.8. The van der Waals surface area contributed by atoms with E-state index in [9.17, 15) is 0 Å². The summed E-state index contributed by atoms with van der Waals surface area (Å²) < 4.78 is 20.2. The maximum atomic E-state index is 5.15. The van der Waals surface area contributed by atoms with Gasteiger partial charge in [0.1, 0.15) is 6.79 Å². The number of nitrogens with one attached hydrogen (secondary N) is 1. The minimum Gasteiger partial charge on any atom is -0.376 e. The van der Waals surface area contributed by atoms with E-state index in [1.807, 2.05) is 32.0 Å². The standard InChI is InChI=1S/C8H8N2.2C5H10O2/c1-6-7-4-2-3-5-8(7)10-9-6;1-5-4-6-2-3-7-5;1-5-2-3-6-4-7-5/h2-5H,1H3,(H,9,10);2*5H,2-4H2,1H3. The third-order valence-corrected chi connectivity index (χ3v) is 3.74. The Labute approximate surface area is 143 Å². The van der Waals surface area contributed by atoms with Gasteiger partial charge < -0.3 is 18.9 Å². The van der Waals surface area contributed by atoms with Crippen molar-refractivity contribution in [2.45, 2.75) is 39.4 Å². The topological polar surface area (TPSA) is 65.6 Å². The van der Waals surface area contributed by atoms with E-state index in [2.05, 4.69) is 23.2 Å². The molecule has 0 saturated carbocycles. The highest BCUT2D eigenvalue weighted by molar-refractivity contribution is 5.80. The van der Waals surface area contributed by atoms with E-state index in [1.54, 1.807) is 0 Å². The molecule has 2 fully saturated rings. The van der Waals surface area contributed by atoms with E-state index in [0.717, 1.165) is 44.1 Å². The number of nitrogens with zero attached hydrogens (tertiary/aromatic N) is 1. The number of fused-ring (bicyclic) bond motifs is 1. The summed E-state index contributed by atoms with van der Waals surface area (Å²) in [7, 11) is 0. The molecule has 3 heterocycles. The van der Waals surface area contributed by atoms with Crippen LogP contribution >= 0.6 is 0 Å². The number of ether oxygens (including phenoxy) is 4. The summed E-state index contributed by atoms with van der Waals surface area (Å²) in [4.78, 5) is 0. The Kier molecular flexibility index (Phi) is 8.18. The first-order valence-electron chi connectivity index (χ1n) is 8.45. The van der Waals surface area contributed by atoms with Crippen molar-refractivity contribution in [3.05, 3.63) is 30.0 Å². The van der Waals surface area contributed by atoms with Crippen molar-refractivity contribution in [1.29, 1.82) is 0 Å². The van der Waals surface area contributed by atoms with Crippen molar-refractivity contribution in [2.75, 3.05) is 33.2 Å². The molecule has 6 heteroatoms. The predicted molar refractivity (Wildman–Crippen MR) is 93.0 cm³/mol. The van der Waals surface area contributed by atoms with Gasteiger partial charge in [-0.2, -0.15) is 5.10 Å². The molecule has 1 aromatic carbocycles. The number of rotatable bonds is 0. The lowest BCUT2D eigenvalue weighted by atomic mass is 10.2. The second-order valence-corrected chi connectivity index (χ2v) is 5.91. The number of aromatic nitrogens is 2. The van der Waals surface area contributed by atoms with Crippen molar-refractivity contribution in [1.82, 2.24) is 10.2 Å². The fourth-order valence-corrected chi connectivity index (χ4v) is 2.25. The van der Waals surface area contributed by atoms with E-state index in [0.29, 0.717) is 19.0 Å². The van der Waals surface area contributed by atoms with E-state index < -0.39 is 0 Å². The minimum atomic E-state index is 0.314. The molecule has 4 rings (SSSR count). The fraction of sp³-hybridized carbons (Fsp3) is 0.611. The van der Waals surface area contributed by atoms with Crippen LogP contribution in [-0.2, 0) is 18.9 Å². The van der Waals surface area contributed by atoms with Crippen LogP contribution in [0.2, 0.25) is 0 Å². The zero-order chi connectivity index (χ0) is 17.2. The van der Waals surface area contributed by atoms with Crippen molar-refractivity contribution in [3.8, 4) is 0 Å². The summed E-state index contributed by atoms with van der Waals surface area (Å²) in [5.41, 5.74) is 2.18. The van der Waals surface area contributed by atoms with Crippen LogP contribution in [0.25, 0.3) is 10.9 Å². The van der Waals surface area contributed by atoms with Crippen molar-refractivity contribution < 1.29 is 18.9 Å². The van der Waals surface area contributed by atoms with Gasteiger partial charge >= 0.3 is 0 Å². The number of hydrogen-bond acceptors (Lipinski definition) is 5. The second kappa shape index (κ2) is 10.4. The molecule has 1 aromatic heterocycles. The lowest BCUT2D eigenvalue weighted by molar-refractivity contribution is -0.132. The average Bonchev–Trinajstić information content (AvgIpc) is 2.99. The third kappa shape index (κ3) is 6.57. The minimum absolute atomic E-state index is 0.314. The molecule has 24 heavy (non-hydrogen) atoms. The largest absolute Gasteiger partial charge is 0.376 e. The maximum Gasteiger partial charge on any atom is 0.147 e. The number of hydrogen-bond donors (Lipinski definition) is 1. The van der Waals surface area contributed by atoms with Crippen molar-refractivity contribution in [3.63, 3.8) is 0 Å². The molecule has 2 saturated heterocycles. The normalized spacial score (nSPS) is 23.6. The van der Waals surface area contributed by atoms with Crippen molar-refractivity contribution >= 4 is 10.9 Å². The molecule has 0 amide bonds. The number of para-hydroxylation sites is 1. The fourth-order valence-electron chi connectivity index (χ4n) is 2.25.